The van der Waals surface area contributed by atoms with Crippen molar-refractivity contribution in [3.05, 3.63) is 24.3 Å². The number of esters is 1. The Kier molecular flexibility index (Phi) is 7.69. The number of hydrogen-bond donors (Lipinski definition) is 0. The Morgan fingerprint density at radius 2 is 2.20 bits per heavy atom. The van der Waals surface area contributed by atoms with E-state index in [1.54, 1.807) is 6.92 Å². The molecule has 0 aliphatic carbocycles. The zero-order valence-electron chi connectivity index (χ0n) is 10.1. The lowest BCUT2D eigenvalue weighted by atomic mass is 10.0. The highest BCUT2D eigenvalue weighted by Crippen LogP contribution is 2.10. The summed E-state index contributed by atoms with van der Waals surface area (Å²) in [5.74, 6) is 0.395. The summed E-state index contributed by atoms with van der Waals surface area (Å²) in [6, 6.07) is 0. The molecule has 0 aromatic carbocycles. The summed E-state index contributed by atoms with van der Waals surface area (Å²) in [6.07, 6.45) is 6.40. The standard InChI is InChI=1S/C13H22O2/c1-5-7-11(3)10-12(4)8-9-15-13(14)6-2/h5,10-11H,1,6-9H2,2-4H3/b12-10+. The molecule has 0 aliphatic rings. The minimum absolute atomic E-state index is 0.123. The Morgan fingerprint density at radius 1 is 1.53 bits per heavy atom. The highest BCUT2D eigenvalue weighted by Gasteiger charge is 2.00. The van der Waals surface area contributed by atoms with Crippen molar-refractivity contribution in [2.45, 2.75) is 40.0 Å². The number of ether oxygens (including phenoxy) is 1. The molecule has 0 heterocycles. The molecule has 0 bridgehead atoms. The maximum absolute atomic E-state index is 10.9. The normalized spacial score (nSPS) is 13.4. The summed E-state index contributed by atoms with van der Waals surface area (Å²) in [5.41, 5.74) is 1.27. The van der Waals surface area contributed by atoms with E-state index in [-0.39, 0.29) is 5.97 Å². The van der Waals surface area contributed by atoms with Crippen LogP contribution >= 0.6 is 0 Å². The Hall–Kier alpha value is -1.05. The fourth-order valence-electron chi connectivity index (χ4n) is 1.33. The van der Waals surface area contributed by atoms with Crippen LogP contribution in [0.15, 0.2) is 24.3 Å². The fourth-order valence-corrected chi connectivity index (χ4v) is 1.33. The molecule has 0 amide bonds. The fraction of sp³-hybridized carbons (Fsp3) is 0.615. The van der Waals surface area contributed by atoms with E-state index in [1.807, 2.05) is 6.08 Å². The monoisotopic (exact) mass is 210 g/mol. The number of allylic oxidation sites excluding steroid dienone is 2. The molecule has 0 rings (SSSR count). The predicted octanol–water partition coefficient (Wildman–Crippen LogP) is 3.49. The first-order chi connectivity index (χ1) is 7.10. The lowest BCUT2D eigenvalue weighted by Gasteiger charge is -2.06. The number of carbonyl (C=O) groups is 1. The van der Waals surface area contributed by atoms with Crippen LogP contribution in [0.3, 0.4) is 0 Å². The molecule has 0 fully saturated rings. The largest absolute Gasteiger partial charge is 0.465 e. The first kappa shape index (κ1) is 13.9. The van der Waals surface area contributed by atoms with E-state index >= 15 is 0 Å². The van der Waals surface area contributed by atoms with E-state index in [9.17, 15) is 4.79 Å². The van der Waals surface area contributed by atoms with Crippen molar-refractivity contribution in [3.63, 3.8) is 0 Å². The van der Waals surface area contributed by atoms with Crippen molar-refractivity contribution in [3.8, 4) is 0 Å². The topological polar surface area (TPSA) is 26.3 Å². The minimum Gasteiger partial charge on any atom is -0.465 e. The molecule has 0 spiro atoms. The molecule has 15 heavy (non-hydrogen) atoms. The van der Waals surface area contributed by atoms with Crippen LogP contribution in [0, 0.1) is 5.92 Å². The van der Waals surface area contributed by atoms with E-state index in [0.29, 0.717) is 18.9 Å². The Bertz CT molecular complexity index is 229. The van der Waals surface area contributed by atoms with Gasteiger partial charge in [0.15, 0.2) is 0 Å². The SMILES string of the molecule is C=CCC(C)/C=C(\C)CCOC(=O)CC. The molecule has 0 aromatic rings. The quantitative estimate of drug-likeness (QED) is 0.475. The average molecular weight is 210 g/mol. The number of hydrogen-bond acceptors (Lipinski definition) is 2. The Labute approximate surface area is 93.0 Å². The molecule has 2 heteroatoms. The van der Waals surface area contributed by atoms with Crippen LogP contribution in [0.25, 0.3) is 0 Å². The molecule has 0 N–H and O–H groups in total. The second kappa shape index (κ2) is 8.27. The summed E-state index contributed by atoms with van der Waals surface area (Å²) in [4.78, 5) is 10.9. The zero-order valence-corrected chi connectivity index (χ0v) is 10.1. The van der Waals surface area contributed by atoms with Crippen molar-refractivity contribution in [1.82, 2.24) is 0 Å². The maximum Gasteiger partial charge on any atom is 0.305 e. The molecular weight excluding hydrogens is 188 g/mol. The molecule has 0 aromatic heterocycles. The van der Waals surface area contributed by atoms with Gasteiger partial charge in [0, 0.05) is 12.8 Å². The van der Waals surface area contributed by atoms with Crippen molar-refractivity contribution >= 4 is 5.97 Å². The third-order valence-corrected chi connectivity index (χ3v) is 2.16. The summed E-state index contributed by atoms with van der Waals surface area (Å²) in [5, 5.41) is 0. The van der Waals surface area contributed by atoms with Gasteiger partial charge in [-0.05, 0) is 19.3 Å². The van der Waals surface area contributed by atoms with Crippen LogP contribution in [-0.4, -0.2) is 12.6 Å². The van der Waals surface area contributed by atoms with Crippen molar-refractivity contribution < 1.29 is 9.53 Å². The summed E-state index contributed by atoms with van der Waals surface area (Å²) in [7, 11) is 0. The lowest BCUT2D eigenvalue weighted by Crippen LogP contribution is -2.04. The molecule has 0 aliphatic heterocycles. The third-order valence-electron chi connectivity index (χ3n) is 2.16. The predicted molar refractivity (Wildman–Crippen MR) is 63.6 cm³/mol. The van der Waals surface area contributed by atoms with Crippen LogP contribution in [0.4, 0.5) is 0 Å². The van der Waals surface area contributed by atoms with Gasteiger partial charge in [0.25, 0.3) is 0 Å². The molecule has 2 nitrogen and oxygen atoms in total. The van der Waals surface area contributed by atoms with Gasteiger partial charge in [-0.1, -0.05) is 31.6 Å². The van der Waals surface area contributed by atoms with Crippen LogP contribution in [0.1, 0.15) is 40.0 Å². The Balaban J connectivity index is 3.76. The molecule has 1 unspecified atom stereocenters. The average Bonchev–Trinajstić information content (AvgIpc) is 2.17. The van der Waals surface area contributed by atoms with Gasteiger partial charge in [-0.25, -0.2) is 0 Å². The maximum atomic E-state index is 10.9. The number of carbonyl (C=O) groups excluding carboxylic acids is 1. The van der Waals surface area contributed by atoms with Gasteiger partial charge in [0.2, 0.25) is 0 Å². The van der Waals surface area contributed by atoms with Crippen molar-refractivity contribution in [1.29, 1.82) is 0 Å². The van der Waals surface area contributed by atoms with Gasteiger partial charge in [-0.15, -0.1) is 6.58 Å². The molecule has 1 atom stereocenters. The van der Waals surface area contributed by atoms with Gasteiger partial charge in [-0.2, -0.15) is 0 Å². The van der Waals surface area contributed by atoms with Gasteiger partial charge in [0.05, 0.1) is 6.61 Å². The highest BCUT2D eigenvalue weighted by atomic mass is 16.5. The van der Waals surface area contributed by atoms with Gasteiger partial charge >= 0.3 is 5.97 Å². The summed E-state index contributed by atoms with van der Waals surface area (Å²) < 4.78 is 5.00. The lowest BCUT2D eigenvalue weighted by molar-refractivity contribution is -0.143. The van der Waals surface area contributed by atoms with Crippen molar-refractivity contribution in [2.24, 2.45) is 5.92 Å². The summed E-state index contributed by atoms with van der Waals surface area (Å²) in [6.45, 7) is 10.2. The highest BCUT2D eigenvalue weighted by molar-refractivity contribution is 5.68. The smallest absolute Gasteiger partial charge is 0.305 e. The van der Waals surface area contributed by atoms with Gasteiger partial charge in [-0.3, -0.25) is 4.79 Å². The van der Waals surface area contributed by atoms with Crippen molar-refractivity contribution in [2.75, 3.05) is 6.61 Å². The Morgan fingerprint density at radius 3 is 2.73 bits per heavy atom. The minimum atomic E-state index is -0.123. The van der Waals surface area contributed by atoms with Crippen LogP contribution in [0.2, 0.25) is 0 Å². The summed E-state index contributed by atoms with van der Waals surface area (Å²) >= 11 is 0. The second-order valence-electron chi connectivity index (χ2n) is 3.84. The van der Waals surface area contributed by atoms with E-state index in [2.05, 4.69) is 26.5 Å². The molecule has 0 saturated heterocycles. The van der Waals surface area contributed by atoms with Crippen LogP contribution in [0.5, 0.6) is 0 Å². The first-order valence-corrected chi connectivity index (χ1v) is 5.54. The molecule has 0 saturated carbocycles. The zero-order chi connectivity index (χ0) is 11.7. The molecule has 86 valence electrons. The van der Waals surface area contributed by atoms with Gasteiger partial charge in [0.1, 0.15) is 0 Å². The molecular formula is C13H22O2. The van der Waals surface area contributed by atoms with Crippen LogP contribution in [-0.2, 0) is 9.53 Å². The third kappa shape index (κ3) is 7.98. The van der Waals surface area contributed by atoms with E-state index < -0.39 is 0 Å². The van der Waals surface area contributed by atoms with E-state index in [1.165, 1.54) is 5.57 Å². The van der Waals surface area contributed by atoms with E-state index in [4.69, 9.17) is 4.74 Å². The second-order valence-corrected chi connectivity index (χ2v) is 3.84. The van der Waals surface area contributed by atoms with Crippen LogP contribution < -0.4 is 0 Å². The number of rotatable bonds is 7. The first-order valence-electron chi connectivity index (χ1n) is 5.54. The molecule has 0 radical (unpaired) electrons. The van der Waals surface area contributed by atoms with Gasteiger partial charge < -0.3 is 4.74 Å². The van der Waals surface area contributed by atoms with E-state index in [0.717, 1.165) is 12.8 Å².